The monoisotopic (exact) mass is 148 g/mol. The maximum atomic E-state index is 10.1. The highest BCUT2D eigenvalue weighted by Gasteiger charge is 2.02. The van der Waals surface area contributed by atoms with Crippen LogP contribution in [0, 0.1) is 0 Å². The van der Waals surface area contributed by atoms with E-state index < -0.39 is 11.0 Å². The zero-order valence-corrected chi connectivity index (χ0v) is 5.47. The van der Waals surface area contributed by atoms with Gasteiger partial charge in [0.05, 0.1) is 0 Å². The van der Waals surface area contributed by atoms with Crippen molar-refractivity contribution in [3.8, 4) is 0 Å². The second-order valence-corrected chi connectivity index (χ2v) is 1.82. The maximum absolute atomic E-state index is 10.1. The van der Waals surface area contributed by atoms with Crippen LogP contribution in [0.15, 0.2) is 11.1 Å². The van der Waals surface area contributed by atoms with Crippen molar-refractivity contribution in [1.29, 1.82) is 0 Å². The lowest BCUT2D eigenvalue weighted by molar-refractivity contribution is -0.132. The van der Waals surface area contributed by atoms with Gasteiger partial charge in [0.25, 0.3) is 0 Å². The Kier molecular flexibility index (Phi) is 2.95. The highest BCUT2D eigenvalue weighted by molar-refractivity contribution is 6.42. The molecule has 0 aromatic rings. The Morgan fingerprint density at radius 3 is 2.11 bits per heavy atom. The van der Waals surface area contributed by atoms with Gasteiger partial charge in [-0.2, -0.15) is 0 Å². The summed E-state index contributed by atoms with van der Waals surface area (Å²) in [6, 6.07) is 0. The summed E-state index contributed by atoms with van der Waals surface area (Å²) in [5.41, 5.74) is 0. The topological polar surface area (TPSA) is 54.4 Å². The first-order chi connectivity index (χ1) is 4.04. The second kappa shape index (κ2) is 3.25. The summed E-state index contributed by atoms with van der Waals surface area (Å²) < 4.78 is 0. The summed E-state index contributed by atoms with van der Waals surface area (Å²) in [7, 11) is 0. The van der Waals surface area contributed by atoms with E-state index in [9.17, 15) is 9.59 Å². The van der Waals surface area contributed by atoms with Gasteiger partial charge in [0.15, 0.2) is 5.78 Å². The Morgan fingerprint density at radius 1 is 1.56 bits per heavy atom. The van der Waals surface area contributed by atoms with Crippen LogP contribution in [-0.4, -0.2) is 16.9 Å². The molecule has 0 spiro atoms. The number of carbonyl (C=O) groups is 2. The van der Waals surface area contributed by atoms with Crippen molar-refractivity contribution in [2.75, 3.05) is 0 Å². The Hall–Kier alpha value is -0.830. The fourth-order valence-corrected chi connectivity index (χ4v) is 0.394. The van der Waals surface area contributed by atoms with E-state index in [0.29, 0.717) is 0 Å². The van der Waals surface area contributed by atoms with Crippen molar-refractivity contribution < 1.29 is 14.7 Å². The number of carboxylic acid groups (broad SMARTS) is 1. The van der Waals surface area contributed by atoms with Crippen LogP contribution >= 0.6 is 11.6 Å². The second-order valence-electron chi connectivity index (χ2n) is 1.41. The molecule has 0 unspecified atom stereocenters. The smallest absolute Gasteiger partial charge is 0.347 e. The van der Waals surface area contributed by atoms with Crippen LogP contribution < -0.4 is 0 Å². The van der Waals surface area contributed by atoms with Crippen LogP contribution in [0.2, 0.25) is 0 Å². The Morgan fingerprint density at radius 2 is 2.00 bits per heavy atom. The average molecular weight is 149 g/mol. The lowest BCUT2D eigenvalue weighted by atomic mass is 10.4. The predicted octanol–water partition coefficient (Wildman–Crippen LogP) is 0.783. The van der Waals surface area contributed by atoms with E-state index in [4.69, 9.17) is 16.7 Å². The molecular weight excluding hydrogens is 144 g/mol. The quantitative estimate of drug-likeness (QED) is 0.589. The third kappa shape index (κ3) is 3.73. The van der Waals surface area contributed by atoms with Gasteiger partial charge in [0, 0.05) is 6.08 Å². The first-order valence-corrected chi connectivity index (χ1v) is 2.53. The largest absolute Gasteiger partial charge is 0.477 e. The van der Waals surface area contributed by atoms with Crippen LogP contribution in [-0.2, 0) is 9.59 Å². The van der Waals surface area contributed by atoms with Crippen molar-refractivity contribution in [3.05, 3.63) is 11.1 Å². The molecule has 0 saturated carbocycles. The average Bonchev–Trinajstić information content (AvgIpc) is 1.63. The van der Waals surface area contributed by atoms with Gasteiger partial charge >= 0.3 is 5.97 Å². The molecule has 0 aliphatic heterocycles. The molecular formula is C5H5ClO3. The Bertz CT molecular complexity index is 171. The van der Waals surface area contributed by atoms with Crippen molar-refractivity contribution in [2.45, 2.75) is 6.92 Å². The number of hydrogen-bond acceptors (Lipinski definition) is 2. The molecule has 1 N–H and O–H groups in total. The van der Waals surface area contributed by atoms with E-state index >= 15 is 0 Å². The molecule has 0 heterocycles. The zero-order chi connectivity index (χ0) is 7.44. The molecule has 0 fully saturated rings. The van der Waals surface area contributed by atoms with Crippen LogP contribution in [0.4, 0.5) is 0 Å². The number of ketones is 1. The van der Waals surface area contributed by atoms with Gasteiger partial charge < -0.3 is 5.11 Å². The molecule has 9 heavy (non-hydrogen) atoms. The van der Waals surface area contributed by atoms with Crippen molar-refractivity contribution >= 4 is 23.4 Å². The number of allylic oxidation sites excluding steroid dienone is 1. The molecule has 0 aromatic heterocycles. The van der Waals surface area contributed by atoms with E-state index in [0.717, 1.165) is 6.08 Å². The van der Waals surface area contributed by atoms with E-state index in [-0.39, 0.29) is 5.78 Å². The van der Waals surface area contributed by atoms with Gasteiger partial charge in [-0.25, -0.2) is 4.79 Å². The maximum Gasteiger partial charge on any atom is 0.347 e. The van der Waals surface area contributed by atoms with Crippen molar-refractivity contribution in [2.24, 2.45) is 0 Å². The van der Waals surface area contributed by atoms with E-state index in [1.807, 2.05) is 0 Å². The van der Waals surface area contributed by atoms with Gasteiger partial charge in [-0.15, -0.1) is 0 Å². The Balaban J connectivity index is 4.17. The highest BCUT2D eigenvalue weighted by atomic mass is 35.5. The molecule has 0 amide bonds. The molecule has 3 nitrogen and oxygen atoms in total. The summed E-state index contributed by atoms with van der Waals surface area (Å²) >= 11 is 5.05. The fraction of sp³-hybridized carbons (Fsp3) is 0.200. The van der Waals surface area contributed by atoms with Gasteiger partial charge in [0.2, 0.25) is 0 Å². The number of aliphatic carboxylic acids is 1. The minimum Gasteiger partial charge on any atom is -0.477 e. The van der Waals surface area contributed by atoms with Crippen molar-refractivity contribution in [3.63, 3.8) is 0 Å². The standard InChI is InChI=1S/C5H5ClO3/c1-3(7)2-4(6)5(8)9/h2H,1H3,(H,8,9). The number of rotatable bonds is 2. The number of carbonyl (C=O) groups excluding carboxylic acids is 1. The van der Waals surface area contributed by atoms with Gasteiger partial charge in [0.1, 0.15) is 5.03 Å². The molecule has 4 heteroatoms. The lowest BCUT2D eigenvalue weighted by Crippen LogP contribution is -1.96. The molecule has 0 aromatic carbocycles. The number of halogens is 1. The molecule has 0 bridgehead atoms. The highest BCUT2D eigenvalue weighted by Crippen LogP contribution is 1.99. The van der Waals surface area contributed by atoms with Crippen molar-refractivity contribution in [1.82, 2.24) is 0 Å². The zero-order valence-electron chi connectivity index (χ0n) is 4.72. The van der Waals surface area contributed by atoms with Crippen LogP contribution in [0.1, 0.15) is 6.92 Å². The minimum atomic E-state index is -1.29. The van der Waals surface area contributed by atoms with E-state index in [2.05, 4.69) is 0 Å². The summed E-state index contributed by atoms with van der Waals surface area (Å²) in [6.07, 6.45) is 0.851. The normalized spacial score (nSPS) is 11.1. The first kappa shape index (κ1) is 8.17. The van der Waals surface area contributed by atoms with E-state index in [1.54, 1.807) is 0 Å². The SMILES string of the molecule is CC(=O)C=C(Cl)C(=O)O. The fourth-order valence-electron chi connectivity index (χ4n) is 0.240. The molecule has 0 saturated heterocycles. The summed E-state index contributed by atoms with van der Waals surface area (Å²) in [4.78, 5) is 20.0. The van der Waals surface area contributed by atoms with Crippen LogP contribution in [0.3, 0.4) is 0 Å². The third-order valence-electron chi connectivity index (χ3n) is 0.534. The molecule has 0 aliphatic rings. The number of hydrogen-bond donors (Lipinski definition) is 1. The minimum absolute atomic E-state index is 0.373. The summed E-state index contributed by atoms with van der Waals surface area (Å²) in [5.74, 6) is -1.66. The molecule has 0 rings (SSSR count). The molecule has 0 aliphatic carbocycles. The van der Waals surface area contributed by atoms with Crippen LogP contribution in [0.5, 0.6) is 0 Å². The lowest BCUT2D eigenvalue weighted by Gasteiger charge is -1.84. The first-order valence-electron chi connectivity index (χ1n) is 2.15. The van der Waals surface area contributed by atoms with Gasteiger partial charge in [-0.3, -0.25) is 4.79 Å². The van der Waals surface area contributed by atoms with Gasteiger partial charge in [-0.1, -0.05) is 11.6 Å². The summed E-state index contributed by atoms with van der Waals surface area (Å²) in [5, 5.41) is 7.62. The third-order valence-corrected chi connectivity index (χ3v) is 0.805. The summed E-state index contributed by atoms with van der Waals surface area (Å²) in [6.45, 7) is 1.23. The molecule has 0 atom stereocenters. The Labute approximate surface area is 56.9 Å². The van der Waals surface area contributed by atoms with Gasteiger partial charge in [-0.05, 0) is 6.92 Å². The predicted molar refractivity (Wildman–Crippen MR) is 32.3 cm³/mol. The molecule has 50 valence electrons. The molecule has 0 radical (unpaired) electrons. The number of carboxylic acids is 1. The van der Waals surface area contributed by atoms with Crippen LogP contribution in [0.25, 0.3) is 0 Å². The van der Waals surface area contributed by atoms with E-state index in [1.165, 1.54) is 6.92 Å².